The lowest BCUT2D eigenvalue weighted by Crippen LogP contribution is -2.34. The molecular weight excluding hydrogens is 363 g/mol. The lowest BCUT2D eigenvalue weighted by Gasteiger charge is -2.32. The third-order valence-corrected chi connectivity index (χ3v) is 5.72. The summed E-state index contributed by atoms with van der Waals surface area (Å²) in [5.74, 6) is -0.575. The molecule has 0 heterocycles. The second-order valence-electron chi connectivity index (χ2n) is 4.41. The maximum Gasteiger partial charge on any atom is 0.368 e. The molecule has 1 aromatic rings. The number of benzene rings is 1. The fourth-order valence-electron chi connectivity index (χ4n) is 1.97. The second kappa shape index (κ2) is 6.92. The molecule has 6 nitrogen and oxygen atoms in total. The van der Waals surface area contributed by atoms with Crippen molar-refractivity contribution in [1.82, 2.24) is 0 Å². The molecule has 2 N–H and O–H groups in total. The van der Waals surface area contributed by atoms with Gasteiger partial charge in [0.05, 0.1) is 11.6 Å². The van der Waals surface area contributed by atoms with Gasteiger partial charge in [0, 0.05) is 0 Å². The second-order valence-corrected chi connectivity index (χ2v) is 7.16. The summed E-state index contributed by atoms with van der Waals surface area (Å²) in [5, 5.41) is -1.82. The molecule has 0 saturated carbocycles. The highest BCUT2D eigenvalue weighted by Crippen LogP contribution is 2.55. The summed E-state index contributed by atoms with van der Waals surface area (Å²) >= 11 is 3.24. The Balaban J connectivity index is 3.21. The molecule has 21 heavy (non-hydrogen) atoms. The first-order valence-corrected chi connectivity index (χ1v) is 8.74. The summed E-state index contributed by atoms with van der Waals surface area (Å²) in [6.07, 6.45) is 0.0195. The van der Waals surface area contributed by atoms with E-state index in [-0.39, 0.29) is 24.2 Å². The standard InChI is InChI=1S/C13H18BrO6P/c1-4-13(5-2,21(16,17)18)20-12(15)9-7-6-8-10(14)11(9)19-3/h6-8H,4-5H2,1-3H3,(H2,16,17,18). The van der Waals surface area contributed by atoms with Gasteiger partial charge in [0.25, 0.3) is 0 Å². The molecule has 0 aromatic heterocycles. The monoisotopic (exact) mass is 380 g/mol. The predicted molar refractivity (Wildman–Crippen MR) is 81.5 cm³/mol. The van der Waals surface area contributed by atoms with Crippen LogP contribution in [0.4, 0.5) is 0 Å². The van der Waals surface area contributed by atoms with Crippen molar-refractivity contribution < 1.29 is 28.6 Å². The highest BCUT2D eigenvalue weighted by Gasteiger charge is 2.48. The van der Waals surface area contributed by atoms with Gasteiger partial charge in [-0.05, 0) is 40.9 Å². The lowest BCUT2D eigenvalue weighted by molar-refractivity contribution is 0.00364. The number of rotatable bonds is 6. The summed E-state index contributed by atoms with van der Waals surface area (Å²) in [5.41, 5.74) is 0.103. The first-order valence-electron chi connectivity index (χ1n) is 6.34. The molecule has 0 amide bonds. The number of esters is 1. The Hall–Kier alpha value is -0.880. The zero-order valence-corrected chi connectivity index (χ0v) is 14.5. The van der Waals surface area contributed by atoms with Crippen molar-refractivity contribution in [3.8, 4) is 5.75 Å². The number of para-hydroxylation sites is 1. The van der Waals surface area contributed by atoms with Gasteiger partial charge in [-0.2, -0.15) is 0 Å². The van der Waals surface area contributed by atoms with Crippen LogP contribution in [0.3, 0.4) is 0 Å². The van der Waals surface area contributed by atoms with E-state index in [9.17, 15) is 19.1 Å². The number of carbonyl (C=O) groups is 1. The molecule has 0 bridgehead atoms. The Kier molecular flexibility index (Phi) is 5.99. The molecular formula is C13H18BrO6P. The number of carbonyl (C=O) groups excluding carboxylic acids is 1. The number of hydrogen-bond acceptors (Lipinski definition) is 4. The molecule has 0 aliphatic heterocycles. The van der Waals surface area contributed by atoms with E-state index < -0.39 is 18.9 Å². The van der Waals surface area contributed by atoms with Gasteiger partial charge in [0.15, 0.2) is 0 Å². The largest absolute Gasteiger partial charge is 0.495 e. The van der Waals surface area contributed by atoms with E-state index in [1.807, 2.05) is 0 Å². The van der Waals surface area contributed by atoms with Crippen LogP contribution < -0.4 is 4.74 Å². The zero-order chi connectivity index (χ0) is 16.3. The summed E-state index contributed by atoms with van der Waals surface area (Å²) in [7, 11) is -3.22. The average molecular weight is 381 g/mol. The van der Waals surface area contributed by atoms with Crippen molar-refractivity contribution in [2.45, 2.75) is 32.0 Å². The van der Waals surface area contributed by atoms with Crippen LogP contribution in [-0.2, 0) is 9.30 Å². The highest BCUT2D eigenvalue weighted by molar-refractivity contribution is 9.10. The van der Waals surface area contributed by atoms with Crippen LogP contribution in [-0.4, -0.2) is 28.2 Å². The molecule has 0 unspecified atom stereocenters. The minimum atomic E-state index is -4.61. The van der Waals surface area contributed by atoms with E-state index in [4.69, 9.17) is 9.47 Å². The Morgan fingerprint density at radius 1 is 1.33 bits per heavy atom. The molecule has 8 heteroatoms. The van der Waals surface area contributed by atoms with Crippen LogP contribution in [0.5, 0.6) is 5.75 Å². The van der Waals surface area contributed by atoms with Crippen molar-refractivity contribution in [1.29, 1.82) is 0 Å². The average Bonchev–Trinajstić information content (AvgIpc) is 2.42. The number of halogens is 1. The predicted octanol–water partition coefficient (Wildman–Crippen LogP) is 3.31. The van der Waals surface area contributed by atoms with Crippen LogP contribution >= 0.6 is 23.5 Å². The van der Waals surface area contributed by atoms with E-state index in [2.05, 4.69) is 15.9 Å². The molecule has 118 valence electrons. The summed E-state index contributed by atoms with van der Waals surface area (Å²) < 4.78 is 22.5. The molecule has 0 atom stereocenters. The SMILES string of the molecule is CCC(CC)(OC(=O)c1cccc(Br)c1OC)P(=O)(O)O. The summed E-state index contributed by atoms with van der Waals surface area (Å²) in [4.78, 5) is 31.3. The van der Waals surface area contributed by atoms with E-state index in [0.29, 0.717) is 4.47 Å². The Morgan fingerprint density at radius 2 is 1.90 bits per heavy atom. The van der Waals surface area contributed by atoms with Gasteiger partial charge in [-0.25, -0.2) is 4.79 Å². The van der Waals surface area contributed by atoms with Crippen LogP contribution in [0.1, 0.15) is 37.0 Å². The van der Waals surface area contributed by atoms with Gasteiger partial charge in [-0.15, -0.1) is 0 Å². The smallest absolute Gasteiger partial charge is 0.368 e. The van der Waals surface area contributed by atoms with Crippen molar-refractivity contribution in [2.24, 2.45) is 0 Å². The van der Waals surface area contributed by atoms with E-state index >= 15 is 0 Å². The number of methoxy groups -OCH3 is 1. The van der Waals surface area contributed by atoms with Gasteiger partial charge in [0.2, 0.25) is 5.34 Å². The Labute approximate surface area is 131 Å². The van der Waals surface area contributed by atoms with Crippen LogP contribution in [0.25, 0.3) is 0 Å². The van der Waals surface area contributed by atoms with Crippen LogP contribution in [0.2, 0.25) is 0 Å². The normalized spacial score (nSPS) is 12.1. The molecule has 0 spiro atoms. The molecule has 0 fully saturated rings. The quantitative estimate of drug-likeness (QED) is 0.580. The highest BCUT2D eigenvalue weighted by atomic mass is 79.9. The topological polar surface area (TPSA) is 93.1 Å². The van der Waals surface area contributed by atoms with Crippen LogP contribution in [0, 0.1) is 0 Å². The maximum atomic E-state index is 12.3. The van der Waals surface area contributed by atoms with E-state index in [1.165, 1.54) is 13.2 Å². The van der Waals surface area contributed by atoms with E-state index in [0.717, 1.165) is 0 Å². The number of hydrogen-bond donors (Lipinski definition) is 2. The van der Waals surface area contributed by atoms with Crippen molar-refractivity contribution in [3.05, 3.63) is 28.2 Å². The first-order chi connectivity index (χ1) is 9.72. The van der Waals surface area contributed by atoms with Gasteiger partial charge >= 0.3 is 13.6 Å². The number of ether oxygens (including phenoxy) is 2. The van der Waals surface area contributed by atoms with E-state index in [1.54, 1.807) is 26.0 Å². The fraction of sp³-hybridized carbons (Fsp3) is 0.462. The maximum absolute atomic E-state index is 12.3. The van der Waals surface area contributed by atoms with Gasteiger partial charge in [0.1, 0.15) is 11.3 Å². The first kappa shape index (κ1) is 18.2. The fourth-order valence-corrected chi connectivity index (χ4v) is 3.52. The molecule has 0 aliphatic carbocycles. The minimum Gasteiger partial charge on any atom is -0.495 e. The Bertz CT molecular complexity index is 564. The third-order valence-electron chi connectivity index (χ3n) is 3.31. The van der Waals surface area contributed by atoms with Crippen molar-refractivity contribution >= 4 is 29.5 Å². The van der Waals surface area contributed by atoms with Gasteiger partial charge in [-0.1, -0.05) is 19.9 Å². The Morgan fingerprint density at radius 3 is 2.33 bits per heavy atom. The summed E-state index contributed by atoms with van der Waals surface area (Å²) in [6.45, 7) is 3.13. The van der Waals surface area contributed by atoms with Gasteiger partial charge in [-0.3, -0.25) is 4.57 Å². The zero-order valence-electron chi connectivity index (χ0n) is 12.0. The van der Waals surface area contributed by atoms with Crippen molar-refractivity contribution in [3.63, 3.8) is 0 Å². The summed E-state index contributed by atoms with van der Waals surface area (Å²) in [6, 6.07) is 4.77. The van der Waals surface area contributed by atoms with Crippen molar-refractivity contribution in [2.75, 3.05) is 7.11 Å². The van der Waals surface area contributed by atoms with Crippen LogP contribution in [0.15, 0.2) is 22.7 Å². The minimum absolute atomic E-state index is 0.00976. The van der Waals surface area contributed by atoms with Gasteiger partial charge < -0.3 is 19.3 Å². The molecule has 0 saturated heterocycles. The molecule has 1 rings (SSSR count). The molecule has 1 aromatic carbocycles. The lowest BCUT2D eigenvalue weighted by atomic mass is 10.2. The molecule has 0 aliphatic rings. The molecule has 0 radical (unpaired) electrons. The third kappa shape index (κ3) is 3.66.